The number of hydrogen-bond donors (Lipinski definition) is 0. The van der Waals surface area contributed by atoms with Crippen molar-refractivity contribution in [2.24, 2.45) is 0 Å². The standard InChI is InChI=1S/C11H10Br2O3S/c12-6-5-9(17-10(6)13)11(15)16-8-4-2-1-3-7(8)14/h5,8H,1-4H2/t8-/m1/s1. The van der Waals surface area contributed by atoms with Gasteiger partial charge < -0.3 is 4.74 Å². The van der Waals surface area contributed by atoms with Crippen LogP contribution in [0, 0.1) is 0 Å². The number of esters is 1. The number of thiophene rings is 1. The molecule has 0 saturated heterocycles. The summed E-state index contributed by atoms with van der Waals surface area (Å²) in [5.74, 6) is -0.374. The van der Waals surface area contributed by atoms with Crippen molar-refractivity contribution in [3.8, 4) is 0 Å². The first-order valence-corrected chi connectivity index (χ1v) is 7.66. The molecular weight excluding hydrogens is 372 g/mol. The molecule has 1 saturated carbocycles. The molecule has 0 aromatic carbocycles. The van der Waals surface area contributed by atoms with Crippen LogP contribution in [0.3, 0.4) is 0 Å². The quantitative estimate of drug-likeness (QED) is 0.728. The van der Waals surface area contributed by atoms with Crippen molar-refractivity contribution in [3.05, 3.63) is 19.2 Å². The Bertz CT molecular complexity index is 436. The summed E-state index contributed by atoms with van der Waals surface area (Å²) in [6, 6.07) is 1.70. The number of Topliss-reactive ketones (excluding diaryl/α,β-unsaturated/α-hetero) is 1. The first kappa shape index (κ1) is 13.2. The molecule has 0 aliphatic heterocycles. The summed E-state index contributed by atoms with van der Waals surface area (Å²) in [6.07, 6.45) is 2.48. The molecule has 1 aliphatic rings. The van der Waals surface area contributed by atoms with E-state index in [1.165, 1.54) is 11.3 Å². The molecule has 0 spiro atoms. The number of ether oxygens (including phenoxy) is 1. The van der Waals surface area contributed by atoms with Crippen LogP contribution in [-0.4, -0.2) is 17.9 Å². The van der Waals surface area contributed by atoms with Gasteiger partial charge >= 0.3 is 5.97 Å². The predicted molar refractivity (Wildman–Crippen MR) is 72.4 cm³/mol. The third-order valence-electron chi connectivity index (χ3n) is 2.59. The van der Waals surface area contributed by atoms with Crippen molar-refractivity contribution in [1.29, 1.82) is 0 Å². The Balaban J connectivity index is 2.03. The highest BCUT2D eigenvalue weighted by Crippen LogP contribution is 2.33. The monoisotopic (exact) mass is 380 g/mol. The molecule has 0 unspecified atom stereocenters. The fraction of sp³-hybridized carbons (Fsp3) is 0.455. The van der Waals surface area contributed by atoms with E-state index < -0.39 is 12.1 Å². The van der Waals surface area contributed by atoms with Gasteiger partial charge in [0.2, 0.25) is 0 Å². The zero-order valence-corrected chi connectivity index (χ0v) is 12.9. The van der Waals surface area contributed by atoms with E-state index >= 15 is 0 Å². The molecule has 17 heavy (non-hydrogen) atoms. The van der Waals surface area contributed by atoms with Gasteiger partial charge in [0.15, 0.2) is 11.9 Å². The van der Waals surface area contributed by atoms with E-state index in [1.54, 1.807) is 6.07 Å². The van der Waals surface area contributed by atoms with Crippen molar-refractivity contribution in [2.45, 2.75) is 31.8 Å². The third kappa shape index (κ3) is 3.17. The second-order valence-electron chi connectivity index (χ2n) is 3.84. The van der Waals surface area contributed by atoms with Crippen LogP contribution in [0.5, 0.6) is 0 Å². The Morgan fingerprint density at radius 3 is 2.76 bits per heavy atom. The lowest BCUT2D eigenvalue weighted by Gasteiger charge is -2.20. The van der Waals surface area contributed by atoms with Gasteiger partial charge in [-0.05, 0) is 57.2 Å². The molecule has 0 N–H and O–H groups in total. The van der Waals surface area contributed by atoms with Gasteiger partial charge in [-0.2, -0.15) is 0 Å². The molecule has 2 rings (SSSR count). The lowest BCUT2D eigenvalue weighted by atomic mass is 9.96. The van der Waals surface area contributed by atoms with E-state index in [1.807, 2.05) is 0 Å². The molecule has 1 fully saturated rings. The highest BCUT2D eigenvalue weighted by molar-refractivity contribution is 9.13. The maximum Gasteiger partial charge on any atom is 0.349 e. The molecule has 6 heteroatoms. The van der Waals surface area contributed by atoms with Gasteiger partial charge in [-0.3, -0.25) is 4.79 Å². The minimum Gasteiger partial charge on any atom is -0.450 e. The highest BCUT2D eigenvalue weighted by atomic mass is 79.9. The van der Waals surface area contributed by atoms with Crippen LogP contribution in [0.1, 0.15) is 35.4 Å². The second-order valence-corrected chi connectivity index (χ2v) is 7.06. The molecule has 0 amide bonds. The highest BCUT2D eigenvalue weighted by Gasteiger charge is 2.27. The van der Waals surface area contributed by atoms with Crippen molar-refractivity contribution >= 4 is 54.9 Å². The van der Waals surface area contributed by atoms with Crippen LogP contribution in [0.4, 0.5) is 0 Å². The summed E-state index contributed by atoms with van der Waals surface area (Å²) in [5, 5.41) is 0. The zero-order chi connectivity index (χ0) is 12.4. The van der Waals surface area contributed by atoms with E-state index in [2.05, 4.69) is 31.9 Å². The molecule has 1 heterocycles. The molecule has 1 aromatic rings. The number of carbonyl (C=O) groups excluding carboxylic acids is 2. The van der Waals surface area contributed by atoms with Crippen molar-refractivity contribution in [3.63, 3.8) is 0 Å². The first-order valence-electron chi connectivity index (χ1n) is 5.26. The van der Waals surface area contributed by atoms with Crippen molar-refractivity contribution in [1.82, 2.24) is 0 Å². The van der Waals surface area contributed by atoms with Gasteiger partial charge in [0, 0.05) is 10.9 Å². The Morgan fingerprint density at radius 1 is 1.41 bits per heavy atom. The maximum absolute atomic E-state index is 11.8. The number of carbonyl (C=O) groups is 2. The van der Waals surface area contributed by atoms with Crippen LogP contribution in [0.25, 0.3) is 0 Å². The number of ketones is 1. The Kier molecular flexibility index (Phi) is 4.38. The van der Waals surface area contributed by atoms with Crippen LogP contribution >= 0.6 is 43.2 Å². The van der Waals surface area contributed by atoms with Crippen molar-refractivity contribution < 1.29 is 14.3 Å². The number of rotatable bonds is 2. The Morgan fingerprint density at radius 2 is 2.18 bits per heavy atom. The maximum atomic E-state index is 11.8. The summed E-state index contributed by atoms with van der Waals surface area (Å²) in [6.45, 7) is 0. The number of halogens is 2. The third-order valence-corrected chi connectivity index (χ3v) is 5.83. The van der Waals surface area contributed by atoms with E-state index in [-0.39, 0.29) is 5.78 Å². The lowest BCUT2D eigenvalue weighted by molar-refractivity contribution is -0.129. The molecule has 92 valence electrons. The first-order chi connectivity index (χ1) is 8.08. The summed E-state index contributed by atoms with van der Waals surface area (Å²) >= 11 is 7.92. The molecule has 1 aliphatic carbocycles. The Labute approximate surface area is 120 Å². The summed E-state index contributed by atoms with van der Waals surface area (Å²) in [4.78, 5) is 23.9. The zero-order valence-electron chi connectivity index (χ0n) is 8.87. The van der Waals surface area contributed by atoms with E-state index in [4.69, 9.17) is 4.74 Å². The summed E-state index contributed by atoms with van der Waals surface area (Å²) in [5.41, 5.74) is 0. The second kappa shape index (κ2) is 5.63. The van der Waals surface area contributed by atoms with Crippen LogP contribution < -0.4 is 0 Å². The molecule has 0 bridgehead atoms. The normalized spacial score (nSPS) is 20.4. The largest absolute Gasteiger partial charge is 0.450 e. The van der Waals surface area contributed by atoms with E-state index in [0.717, 1.165) is 21.1 Å². The van der Waals surface area contributed by atoms with Crippen LogP contribution in [0.2, 0.25) is 0 Å². The van der Waals surface area contributed by atoms with Crippen LogP contribution in [-0.2, 0) is 9.53 Å². The minimum absolute atomic E-state index is 0.0410. The lowest BCUT2D eigenvalue weighted by Crippen LogP contribution is -2.29. The van der Waals surface area contributed by atoms with Gasteiger partial charge in [0.05, 0.1) is 3.79 Å². The van der Waals surface area contributed by atoms with Crippen molar-refractivity contribution in [2.75, 3.05) is 0 Å². The molecule has 1 atom stereocenters. The van der Waals surface area contributed by atoms with Gasteiger partial charge in [0.25, 0.3) is 0 Å². The summed E-state index contributed by atoms with van der Waals surface area (Å²) in [7, 11) is 0. The average Bonchev–Trinajstić information content (AvgIpc) is 2.63. The molecular formula is C11H10Br2O3S. The Hall–Kier alpha value is -0.200. The van der Waals surface area contributed by atoms with Gasteiger partial charge in [0.1, 0.15) is 4.88 Å². The van der Waals surface area contributed by atoms with E-state index in [0.29, 0.717) is 17.7 Å². The number of hydrogen-bond acceptors (Lipinski definition) is 4. The smallest absolute Gasteiger partial charge is 0.349 e. The summed E-state index contributed by atoms with van der Waals surface area (Å²) < 4.78 is 6.91. The molecule has 0 radical (unpaired) electrons. The van der Waals surface area contributed by atoms with Gasteiger partial charge in [-0.15, -0.1) is 11.3 Å². The SMILES string of the molecule is O=C(O[C@@H]1CCCCC1=O)c1cc(Br)c(Br)s1. The van der Waals surface area contributed by atoms with Crippen LogP contribution in [0.15, 0.2) is 14.3 Å². The molecule has 1 aromatic heterocycles. The van der Waals surface area contributed by atoms with E-state index in [9.17, 15) is 9.59 Å². The predicted octanol–water partition coefficient (Wildman–Crippen LogP) is 3.94. The fourth-order valence-electron chi connectivity index (χ4n) is 1.71. The average molecular weight is 382 g/mol. The minimum atomic E-state index is -0.545. The van der Waals surface area contributed by atoms with Gasteiger partial charge in [-0.25, -0.2) is 4.79 Å². The van der Waals surface area contributed by atoms with Gasteiger partial charge in [-0.1, -0.05) is 0 Å². The molecule has 3 nitrogen and oxygen atoms in total. The topological polar surface area (TPSA) is 43.4 Å². The fourth-order valence-corrected chi connectivity index (χ4v) is 3.63.